The van der Waals surface area contributed by atoms with Crippen LogP contribution in [-0.2, 0) is 22.4 Å². The molecule has 6 heteroatoms. The lowest BCUT2D eigenvalue weighted by atomic mass is 9.97. The zero-order valence-electron chi connectivity index (χ0n) is 17.5. The molecule has 1 atom stereocenters. The van der Waals surface area contributed by atoms with Crippen LogP contribution in [0.3, 0.4) is 0 Å². The van der Waals surface area contributed by atoms with Gasteiger partial charge in [-0.3, -0.25) is 4.79 Å². The molecule has 29 heavy (non-hydrogen) atoms. The first kappa shape index (κ1) is 20.0. The highest BCUT2D eigenvalue weighted by Gasteiger charge is 2.28. The number of carbonyl (C=O) groups is 1. The molecule has 1 unspecified atom stereocenters. The normalized spacial score (nSPS) is 18.1. The van der Waals surface area contributed by atoms with E-state index in [0.717, 1.165) is 73.9 Å². The van der Waals surface area contributed by atoms with Crippen LogP contribution in [0.25, 0.3) is 11.0 Å². The highest BCUT2D eigenvalue weighted by atomic mass is 16.5. The van der Waals surface area contributed by atoms with Gasteiger partial charge in [-0.15, -0.1) is 0 Å². The highest BCUT2D eigenvalue weighted by Crippen LogP contribution is 2.33. The Morgan fingerprint density at radius 1 is 1.24 bits per heavy atom. The Labute approximate surface area is 170 Å². The molecule has 1 aromatic carbocycles. The molecule has 6 nitrogen and oxygen atoms in total. The predicted molar refractivity (Wildman–Crippen MR) is 111 cm³/mol. The van der Waals surface area contributed by atoms with Crippen LogP contribution in [0, 0.1) is 12.8 Å². The van der Waals surface area contributed by atoms with Crippen LogP contribution in [0.15, 0.2) is 21.3 Å². The van der Waals surface area contributed by atoms with Gasteiger partial charge in [-0.2, -0.15) is 0 Å². The number of hydrogen-bond acceptors (Lipinski definition) is 5. The van der Waals surface area contributed by atoms with Gasteiger partial charge < -0.3 is 18.8 Å². The summed E-state index contributed by atoms with van der Waals surface area (Å²) >= 11 is 0. The molecule has 4 rings (SSSR count). The summed E-state index contributed by atoms with van der Waals surface area (Å²) < 4.78 is 16.9. The van der Waals surface area contributed by atoms with E-state index >= 15 is 0 Å². The van der Waals surface area contributed by atoms with Crippen LogP contribution in [0.4, 0.5) is 0 Å². The zero-order chi connectivity index (χ0) is 20.5. The fourth-order valence-electron chi connectivity index (χ4n) is 4.64. The number of amides is 1. The van der Waals surface area contributed by atoms with Crippen LogP contribution in [0.5, 0.6) is 5.75 Å². The van der Waals surface area contributed by atoms with Gasteiger partial charge in [0.2, 0.25) is 0 Å². The number of fused-ring (bicyclic) bond motifs is 3. The van der Waals surface area contributed by atoms with Gasteiger partial charge in [-0.1, -0.05) is 0 Å². The maximum absolute atomic E-state index is 12.8. The minimum atomic E-state index is -0.591. The smallest absolute Gasteiger partial charge is 0.339 e. The minimum Gasteiger partial charge on any atom is -0.480 e. The van der Waals surface area contributed by atoms with Crippen molar-refractivity contribution in [2.24, 2.45) is 5.92 Å². The number of benzene rings is 1. The second-order valence-electron chi connectivity index (χ2n) is 8.25. The molecule has 1 aliphatic heterocycles. The molecule has 2 heterocycles. The van der Waals surface area contributed by atoms with Crippen molar-refractivity contribution in [1.29, 1.82) is 0 Å². The molecule has 0 N–H and O–H groups in total. The number of methoxy groups -OCH3 is 1. The average molecular weight is 399 g/mol. The second-order valence-corrected chi connectivity index (χ2v) is 8.25. The number of piperidine rings is 1. The van der Waals surface area contributed by atoms with Crippen LogP contribution in [-0.4, -0.2) is 43.7 Å². The third kappa shape index (κ3) is 3.78. The lowest BCUT2D eigenvalue weighted by molar-refractivity contribution is -0.139. The molecule has 0 spiro atoms. The van der Waals surface area contributed by atoms with Crippen molar-refractivity contribution >= 4 is 16.9 Å². The Morgan fingerprint density at radius 2 is 1.97 bits per heavy atom. The largest absolute Gasteiger partial charge is 0.480 e. The molecule has 1 saturated heterocycles. The van der Waals surface area contributed by atoms with Gasteiger partial charge in [0.1, 0.15) is 11.3 Å². The van der Waals surface area contributed by atoms with Gasteiger partial charge >= 0.3 is 5.63 Å². The van der Waals surface area contributed by atoms with Crippen molar-refractivity contribution in [3.8, 4) is 5.75 Å². The lowest BCUT2D eigenvalue weighted by Crippen LogP contribution is -2.45. The number of hydrogen-bond donors (Lipinski definition) is 0. The predicted octanol–water partition coefficient (Wildman–Crippen LogP) is 3.24. The van der Waals surface area contributed by atoms with E-state index in [0.29, 0.717) is 17.3 Å². The van der Waals surface area contributed by atoms with Gasteiger partial charge in [0.25, 0.3) is 5.91 Å². The standard InChI is InChI=1S/C23H29NO5/c1-14-20(8-7-18-17-5-4-6-19(17)23(26)29-21(14)18)28-15(2)22(25)24-11-9-16(10-12-24)13-27-3/h7-8,15-16H,4-6,9-13H2,1-3H3. The number of rotatable bonds is 5. The van der Waals surface area contributed by atoms with Crippen LogP contribution in [0.1, 0.15) is 42.9 Å². The number of carbonyl (C=O) groups excluding carboxylic acids is 1. The van der Waals surface area contributed by atoms with E-state index in [1.807, 2.05) is 24.0 Å². The lowest BCUT2D eigenvalue weighted by Gasteiger charge is -2.33. The third-order valence-corrected chi connectivity index (χ3v) is 6.32. The molecule has 1 aromatic heterocycles. The Kier molecular flexibility index (Phi) is 5.63. The Balaban J connectivity index is 1.51. The molecule has 1 fully saturated rings. The molecule has 0 bridgehead atoms. The number of likely N-dealkylation sites (tertiary alicyclic amines) is 1. The first-order valence-corrected chi connectivity index (χ1v) is 10.5. The van der Waals surface area contributed by atoms with Crippen molar-refractivity contribution in [2.75, 3.05) is 26.8 Å². The molecule has 2 aliphatic rings. The quantitative estimate of drug-likeness (QED) is 0.722. The molecule has 156 valence electrons. The SMILES string of the molecule is COCC1CCN(C(=O)C(C)Oc2ccc3c4c(c(=O)oc3c2C)CCC4)CC1. The van der Waals surface area contributed by atoms with Crippen molar-refractivity contribution in [2.45, 2.75) is 52.1 Å². The summed E-state index contributed by atoms with van der Waals surface area (Å²) in [6.45, 7) is 5.89. The number of aryl methyl sites for hydroxylation is 2. The molecule has 1 aliphatic carbocycles. The van der Waals surface area contributed by atoms with Crippen molar-refractivity contribution in [1.82, 2.24) is 4.90 Å². The average Bonchev–Trinajstić information content (AvgIpc) is 3.22. The van der Waals surface area contributed by atoms with E-state index in [1.165, 1.54) is 0 Å². The van der Waals surface area contributed by atoms with E-state index in [4.69, 9.17) is 13.9 Å². The summed E-state index contributed by atoms with van der Waals surface area (Å²) in [6.07, 6.45) is 4.01. The topological polar surface area (TPSA) is 69.0 Å². The number of nitrogens with zero attached hydrogens (tertiary/aromatic N) is 1. The maximum atomic E-state index is 12.8. The summed E-state index contributed by atoms with van der Waals surface area (Å²) in [5.41, 5.74) is 3.02. The second kappa shape index (κ2) is 8.19. The Morgan fingerprint density at radius 3 is 2.69 bits per heavy atom. The maximum Gasteiger partial charge on any atom is 0.339 e. The van der Waals surface area contributed by atoms with Crippen LogP contribution in [0.2, 0.25) is 0 Å². The zero-order valence-corrected chi connectivity index (χ0v) is 17.5. The van der Waals surface area contributed by atoms with Gasteiger partial charge in [0.05, 0.1) is 0 Å². The third-order valence-electron chi connectivity index (χ3n) is 6.32. The molecular formula is C23H29NO5. The summed E-state index contributed by atoms with van der Waals surface area (Å²) in [7, 11) is 1.72. The molecule has 0 radical (unpaired) electrons. The fourth-order valence-corrected chi connectivity index (χ4v) is 4.64. The van der Waals surface area contributed by atoms with E-state index in [2.05, 4.69) is 0 Å². The summed E-state index contributed by atoms with van der Waals surface area (Å²) in [5, 5.41) is 0.987. The molecular weight excluding hydrogens is 370 g/mol. The van der Waals surface area contributed by atoms with E-state index in [9.17, 15) is 9.59 Å². The monoisotopic (exact) mass is 399 g/mol. The van der Waals surface area contributed by atoms with Gasteiger partial charge in [0, 0.05) is 43.3 Å². The first-order chi connectivity index (χ1) is 14.0. The van der Waals surface area contributed by atoms with E-state index < -0.39 is 6.10 Å². The van der Waals surface area contributed by atoms with E-state index in [-0.39, 0.29) is 11.5 Å². The summed E-state index contributed by atoms with van der Waals surface area (Å²) in [4.78, 5) is 27.0. The van der Waals surface area contributed by atoms with Gasteiger partial charge in [-0.05, 0) is 69.6 Å². The van der Waals surface area contributed by atoms with Crippen LogP contribution >= 0.6 is 0 Å². The molecule has 1 amide bonds. The Bertz CT molecular complexity index is 971. The fraction of sp³-hybridized carbons (Fsp3) is 0.565. The summed E-state index contributed by atoms with van der Waals surface area (Å²) in [5.74, 6) is 1.11. The first-order valence-electron chi connectivity index (χ1n) is 10.5. The summed E-state index contributed by atoms with van der Waals surface area (Å²) in [6, 6.07) is 3.85. The van der Waals surface area contributed by atoms with Gasteiger partial charge in [0.15, 0.2) is 6.10 Å². The van der Waals surface area contributed by atoms with E-state index in [1.54, 1.807) is 14.0 Å². The highest BCUT2D eigenvalue weighted by molar-refractivity contribution is 5.86. The Hall–Kier alpha value is -2.34. The van der Waals surface area contributed by atoms with Crippen molar-refractivity contribution < 1.29 is 18.7 Å². The van der Waals surface area contributed by atoms with Crippen LogP contribution < -0.4 is 10.4 Å². The molecule has 0 saturated carbocycles. The minimum absolute atomic E-state index is 0.00392. The number of ether oxygens (including phenoxy) is 2. The van der Waals surface area contributed by atoms with Crippen molar-refractivity contribution in [3.05, 3.63) is 39.2 Å². The van der Waals surface area contributed by atoms with Crippen molar-refractivity contribution in [3.63, 3.8) is 0 Å². The van der Waals surface area contributed by atoms with Gasteiger partial charge in [-0.25, -0.2) is 4.79 Å². The molecule has 2 aromatic rings.